The van der Waals surface area contributed by atoms with Crippen molar-refractivity contribution in [2.24, 2.45) is 0 Å². The third-order valence-electron chi connectivity index (χ3n) is 24.2. The zero-order valence-corrected chi connectivity index (χ0v) is 67.4. The van der Waals surface area contributed by atoms with E-state index in [1.807, 2.05) is 72.0 Å². The molecule has 10 heteroatoms. The highest BCUT2D eigenvalue weighted by Crippen LogP contribution is 2.49. The van der Waals surface area contributed by atoms with Gasteiger partial charge < -0.3 is 4.57 Å². The molecule has 0 unspecified atom stereocenters. The van der Waals surface area contributed by atoms with Crippen molar-refractivity contribution < 1.29 is 0 Å². The Balaban J connectivity index is 0.000000116. The summed E-state index contributed by atoms with van der Waals surface area (Å²) in [6.07, 6.45) is 1.05. The molecule has 0 amide bonds. The maximum atomic E-state index is 6.40. The summed E-state index contributed by atoms with van der Waals surface area (Å²) in [5.74, 6) is 3.93. The van der Waals surface area contributed by atoms with Crippen LogP contribution in [0.3, 0.4) is 0 Å². The maximum absolute atomic E-state index is 6.40. The van der Waals surface area contributed by atoms with E-state index in [4.69, 9.17) is 41.5 Å². The Morgan fingerprint density at radius 1 is 0.240 bits per heavy atom. The van der Waals surface area contributed by atoms with E-state index < -0.39 is 0 Å². The smallest absolute Gasteiger partial charge is 0.165 e. The molecule has 1 aliphatic carbocycles. The lowest BCUT2D eigenvalue weighted by atomic mass is 9.97. The third-order valence-corrected chi connectivity index (χ3v) is 26.6. The van der Waals surface area contributed by atoms with Crippen LogP contribution in [0.1, 0.15) is 11.1 Å². The summed E-state index contributed by atoms with van der Waals surface area (Å²) >= 11 is 9.98. The van der Waals surface area contributed by atoms with Gasteiger partial charge in [0.2, 0.25) is 0 Å². The van der Waals surface area contributed by atoms with Crippen molar-refractivity contribution in [2.75, 3.05) is 0 Å². The van der Waals surface area contributed by atoms with E-state index in [1.165, 1.54) is 117 Å². The lowest BCUT2D eigenvalue weighted by Crippen LogP contribution is -2.01. The second-order valence-corrected chi connectivity index (χ2v) is 33.9. The van der Waals surface area contributed by atoms with Gasteiger partial charge in [-0.15, -0.1) is 22.7 Å². The lowest BCUT2D eigenvalue weighted by molar-refractivity contribution is 1.08. The van der Waals surface area contributed by atoms with Crippen LogP contribution in [0.15, 0.2) is 388 Å². The number of hydrogen-bond donors (Lipinski definition) is 0. The highest BCUT2D eigenvalue weighted by Gasteiger charge is 2.26. The predicted molar refractivity (Wildman–Crippen MR) is 512 cm³/mol. The minimum atomic E-state index is 0.650. The first kappa shape index (κ1) is 70.3. The standard InChI is InChI=1S/C55H32N4S.C35H20ClN3S.C21H14/c1-2-14-35(15-3-1)53-56-54(40-23-22-33-12-4-5-16-36(33)28-40)58-55(57-53)51-42-20-10-9-19-39(42)31-49-50(51)45-27-25-41(32-48(45)60-49)59-47-30-38-18-7-6-17-37(38)29-46(47)44-26-24-34-13-8-11-21-43(34)52(44)59;36-26-16-17-28-29(20-26)40-30-19-24-12-6-7-13-27(24)32(31(28)30)35-38-33(22-9-2-1-3-10-22)37-34(39-35)25-15-14-21-8-4-5-11-23(21)18-25;1-2-7-16-12-20-17(11-15(16)6-1)13-21-18-8-4-3-5-14(18)9-10-19(20)21/h1-32H;1-20H;1-12H,13H2. The van der Waals surface area contributed by atoms with Crippen LogP contribution in [0.4, 0.5) is 0 Å². The number of hydrogen-bond acceptors (Lipinski definition) is 8. The summed E-state index contributed by atoms with van der Waals surface area (Å²) in [5.41, 5.74) is 15.2. The van der Waals surface area contributed by atoms with Gasteiger partial charge in [-0.25, -0.2) is 29.9 Å². The van der Waals surface area contributed by atoms with Crippen molar-refractivity contribution in [3.8, 4) is 85.1 Å². The monoisotopic (exact) mass is 1600 g/mol. The van der Waals surface area contributed by atoms with Gasteiger partial charge in [0.25, 0.3) is 0 Å². The third kappa shape index (κ3) is 12.1. The highest BCUT2D eigenvalue weighted by atomic mass is 35.5. The van der Waals surface area contributed by atoms with E-state index in [0.717, 1.165) is 104 Å². The van der Waals surface area contributed by atoms with E-state index in [-0.39, 0.29) is 0 Å². The predicted octanol–water partition coefficient (Wildman–Crippen LogP) is 30.7. The normalized spacial score (nSPS) is 12.0. The van der Waals surface area contributed by atoms with Crippen LogP contribution in [0, 0.1) is 0 Å². The number of thiophene rings is 2. The fourth-order valence-electron chi connectivity index (χ4n) is 18.5. The summed E-state index contributed by atoms with van der Waals surface area (Å²) in [6.45, 7) is 0. The molecule has 1 aliphatic rings. The van der Waals surface area contributed by atoms with Crippen LogP contribution in [0.25, 0.3) is 233 Å². The number of halogens is 1. The van der Waals surface area contributed by atoms with Crippen LogP contribution in [-0.4, -0.2) is 34.5 Å². The highest BCUT2D eigenvalue weighted by molar-refractivity contribution is 7.26. The Labute approximate surface area is 707 Å². The minimum Gasteiger partial charge on any atom is -0.309 e. The molecule has 5 heterocycles. The average molecular weight is 1600 g/mol. The molecule has 0 saturated heterocycles. The summed E-state index contributed by atoms with van der Waals surface area (Å²) in [5, 5.41) is 27.4. The Bertz CT molecular complexity index is 8610. The van der Waals surface area contributed by atoms with Crippen molar-refractivity contribution in [1.29, 1.82) is 0 Å². The molecule has 0 bridgehead atoms. The first-order chi connectivity index (χ1) is 59.8. The van der Waals surface area contributed by atoms with Gasteiger partial charge in [0.15, 0.2) is 34.9 Å². The molecule has 0 saturated carbocycles. The molecule has 20 aromatic carbocycles. The van der Waals surface area contributed by atoms with Gasteiger partial charge in [-0.1, -0.05) is 333 Å². The second kappa shape index (κ2) is 28.7. The van der Waals surface area contributed by atoms with E-state index in [1.54, 1.807) is 11.3 Å². The molecular formula is C111H66ClN7S2. The molecule has 0 N–H and O–H groups in total. The van der Waals surface area contributed by atoms with Gasteiger partial charge in [0.05, 0.1) is 11.0 Å². The van der Waals surface area contributed by atoms with Crippen molar-refractivity contribution >= 4 is 183 Å². The van der Waals surface area contributed by atoms with Crippen LogP contribution in [0.2, 0.25) is 5.02 Å². The SMILES string of the molecule is Clc1ccc2c(c1)sc1cc3ccccc3c(-c3nc(-c4ccccc4)nc(-c4ccc5ccccc5c4)n3)c12.c1ccc(-c2nc(-c3ccc4ccccc4c3)nc(-c3c4ccccc4cc4sc5cc(-n6c7cc8ccccc8cc7c7ccc8ccccc8c76)ccc5c34)n2)cc1.c1ccc2cc3c(cc2c1)Cc1c-3ccc2ccccc12. The quantitative estimate of drug-likeness (QED) is 0.158. The van der Waals surface area contributed by atoms with Crippen molar-refractivity contribution in [3.05, 3.63) is 404 Å². The zero-order valence-electron chi connectivity index (χ0n) is 65.0. The van der Waals surface area contributed by atoms with Gasteiger partial charge in [-0.05, 0) is 176 Å². The average Bonchev–Trinajstić information content (AvgIpc) is 1.59. The van der Waals surface area contributed by atoms with Crippen molar-refractivity contribution in [2.45, 2.75) is 6.42 Å². The van der Waals surface area contributed by atoms with E-state index in [0.29, 0.717) is 34.9 Å². The Morgan fingerprint density at radius 2 is 0.645 bits per heavy atom. The van der Waals surface area contributed by atoms with Gasteiger partial charge >= 0.3 is 0 Å². The minimum absolute atomic E-state index is 0.650. The molecule has 0 aliphatic heterocycles. The molecule has 0 radical (unpaired) electrons. The lowest BCUT2D eigenvalue weighted by Gasteiger charge is -2.13. The Kier molecular flexibility index (Phi) is 16.7. The van der Waals surface area contributed by atoms with E-state index in [2.05, 4.69) is 332 Å². The van der Waals surface area contributed by atoms with Crippen LogP contribution in [0.5, 0.6) is 0 Å². The number of nitrogens with zero attached hydrogens (tertiary/aromatic N) is 7. The fraction of sp³-hybridized carbons (Fsp3) is 0.00901. The van der Waals surface area contributed by atoms with Crippen molar-refractivity contribution in [3.63, 3.8) is 0 Å². The van der Waals surface area contributed by atoms with Gasteiger partial charge in [0, 0.05) is 101 Å². The topological polar surface area (TPSA) is 82.3 Å². The Hall–Kier alpha value is -15.0. The number of benzene rings is 20. The van der Waals surface area contributed by atoms with E-state index >= 15 is 0 Å². The first-order valence-electron chi connectivity index (χ1n) is 40.7. The maximum Gasteiger partial charge on any atom is 0.165 e. The van der Waals surface area contributed by atoms with Crippen LogP contribution >= 0.6 is 34.3 Å². The van der Waals surface area contributed by atoms with Gasteiger partial charge in [-0.3, -0.25) is 0 Å². The number of aromatic nitrogens is 7. The summed E-state index contributed by atoms with van der Waals surface area (Å²) in [6, 6.07) is 138. The largest absolute Gasteiger partial charge is 0.309 e. The number of rotatable bonds is 7. The van der Waals surface area contributed by atoms with Crippen LogP contribution in [-0.2, 0) is 6.42 Å². The first-order valence-corrected chi connectivity index (χ1v) is 42.8. The summed E-state index contributed by atoms with van der Waals surface area (Å²) in [7, 11) is 0. The second-order valence-electron chi connectivity index (χ2n) is 31.3. The summed E-state index contributed by atoms with van der Waals surface area (Å²) < 4.78 is 7.21. The van der Waals surface area contributed by atoms with Crippen LogP contribution < -0.4 is 0 Å². The zero-order chi connectivity index (χ0) is 79.8. The molecule has 26 rings (SSSR count). The molecule has 0 fully saturated rings. The molecular weight excluding hydrogens is 1530 g/mol. The fourth-order valence-corrected chi connectivity index (χ4v) is 21.1. The summed E-state index contributed by atoms with van der Waals surface area (Å²) in [4.78, 5) is 31.1. The van der Waals surface area contributed by atoms with Crippen molar-refractivity contribution in [1.82, 2.24) is 34.5 Å². The molecule has 5 aromatic heterocycles. The Morgan fingerprint density at radius 3 is 1.21 bits per heavy atom. The molecule has 0 atom stereocenters. The number of fused-ring (bicyclic) bond motifs is 22. The van der Waals surface area contributed by atoms with E-state index in [9.17, 15) is 0 Å². The molecule has 564 valence electrons. The molecule has 7 nitrogen and oxygen atoms in total. The van der Waals surface area contributed by atoms with Gasteiger partial charge in [0.1, 0.15) is 0 Å². The molecule has 121 heavy (non-hydrogen) atoms. The van der Waals surface area contributed by atoms with Gasteiger partial charge in [-0.2, -0.15) is 0 Å². The molecule has 25 aromatic rings. The molecule has 0 spiro atoms.